The summed E-state index contributed by atoms with van der Waals surface area (Å²) >= 11 is 0. The lowest BCUT2D eigenvalue weighted by molar-refractivity contribution is -0.462. The molecule has 1 N–H and O–H groups in total. The molecule has 3 rings (SSSR count). The van der Waals surface area contributed by atoms with Gasteiger partial charge in [-0.3, -0.25) is 0 Å². The van der Waals surface area contributed by atoms with Gasteiger partial charge in [0.25, 0.3) is 0 Å². The minimum Gasteiger partial charge on any atom is -0.508 e. The number of allylic oxidation sites excluding steroid dienone is 5. The largest absolute Gasteiger partial charge is 0.673 e. The topological polar surface area (TPSA) is 26.5 Å². The molecule has 0 spiro atoms. The third-order valence-electron chi connectivity index (χ3n) is 4.48. The molecule has 0 aliphatic heterocycles. The van der Waals surface area contributed by atoms with Crippen LogP contribution in [0.15, 0.2) is 78.4 Å². The van der Waals surface area contributed by atoms with Crippen molar-refractivity contribution in [2.45, 2.75) is 0 Å². The van der Waals surface area contributed by atoms with Crippen molar-refractivity contribution in [3.8, 4) is 5.75 Å². The first-order chi connectivity index (χ1) is 14.5. The molecule has 0 bridgehead atoms. The molecule has 31 heavy (non-hydrogen) atoms. The van der Waals surface area contributed by atoms with Crippen LogP contribution in [0.2, 0.25) is 0 Å². The fourth-order valence-electron chi connectivity index (χ4n) is 3.01. The Kier molecular flexibility index (Phi) is 7.86. The minimum absolute atomic E-state index is 0.273. The number of aromatic hydroxyl groups is 1. The zero-order valence-electron chi connectivity index (χ0n) is 17.9. The van der Waals surface area contributed by atoms with Gasteiger partial charge in [-0.2, -0.15) is 0 Å². The second kappa shape index (κ2) is 10.2. The monoisotopic (exact) mass is 432 g/mol. The van der Waals surface area contributed by atoms with Crippen LogP contribution in [0.25, 0.3) is 5.57 Å². The number of hydrogen-bond donors (Lipinski definition) is 1. The lowest BCUT2D eigenvalue weighted by atomic mass is 9.90. The maximum absolute atomic E-state index is 9.96. The zero-order valence-corrected chi connectivity index (χ0v) is 17.9. The summed E-state index contributed by atoms with van der Waals surface area (Å²) in [6, 6.07) is 15.9. The number of halogens is 4. The first-order valence-electron chi connectivity index (χ1n) is 9.55. The molecule has 0 radical (unpaired) electrons. The van der Waals surface area contributed by atoms with Crippen molar-refractivity contribution in [1.29, 1.82) is 0 Å². The lowest BCUT2D eigenvalue weighted by Gasteiger charge is -2.16. The Balaban J connectivity index is 0.000000614. The van der Waals surface area contributed by atoms with Gasteiger partial charge in [-0.1, -0.05) is 24.3 Å². The van der Waals surface area contributed by atoms with Gasteiger partial charge in [0.2, 0.25) is 0 Å². The number of benzene rings is 2. The zero-order chi connectivity index (χ0) is 23.2. The van der Waals surface area contributed by atoms with Gasteiger partial charge in [-0.15, -0.1) is 0 Å². The van der Waals surface area contributed by atoms with E-state index >= 15 is 0 Å². The van der Waals surface area contributed by atoms with Crippen LogP contribution in [-0.4, -0.2) is 50.8 Å². The molecule has 0 saturated carbocycles. The molecule has 2 aromatic carbocycles. The number of nitrogens with zero attached hydrogens (tertiary/aromatic N) is 2. The van der Waals surface area contributed by atoms with E-state index < -0.39 is 7.25 Å². The van der Waals surface area contributed by atoms with Gasteiger partial charge in [0, 0.05) is 31.9 Å². The number of rotatable bonds is 3. The van der Waals surface area contributed by atoms with E-state index in [-0.39, 0.29) is 5.75 Å². The third kappa shape index (κ3) is 7.48. The van der Waals surface area contributed by atoms with Gasteiger partial charge in [-0.05, 0) is 58.7 Å². The Morgan fingerprint density at radius 2 is 1.39 bits per heavy atom. The minimum atomic E-state index is -6.00. The van der Waals surface area contributed by atoms with Crippen LogP contribution in [0.5, 0.6) is 5.75 Å². The van der Waals surface area contributed by atoms with Crippen molar-refractivity contribution in [3.63, 3.8) is 0 Å². The number of phenols is 1. The van der Waals surface area contributed by atoms with Gasteiger partial charge < -0.3 is 27.3 Å². The van der Waals surface area contributed by atoms with E-state index in [9.17, 15) is 22.4 Å². The van der Waals surface area contributed by atoms with Gasteiger partial charge >= 0.3 is 7.25 Å². The lowest BCUT2D eigenvalue weighted by Crippen LogP contribution is -2.10. The summed E-state index contributed by atoms with van der Waals surface area (Å²) in [4.78, 5) is 2.09. The molecule has 1 aliphatic carbocycles. The van der Waals surface area contributed by atoms with E-state index in [1.54, 1.807) is 6.07 Å². The smallest absolute Gasteiger partial charge is 0.508 e. The van der Waals surface area contributed by atoms with Crippen molar-refractivity contribution in [2.24, 2.45) is 0 Å². The number of anilines is 1. The summed E-state index contributed by atoms with van der Waals surface area (Å²) in [5, 5.41) is 9.96. The molecule has 0 amide bonds. The van der Waals surface area contributed by atoms with Crippen LogP contribution in [0.4, 0.5) is 23.0 Å². The quantitative estimate of drug-likeness (QED) is 0.400. The van der Waals surface area contributed by atoms with Crippen LogP contribution >= 0.6 is 0 Å². The van der Waals surface area contributed by atoms with Gasteiger partial charge in [0.05, 0.1) is 0 Å². The molecule has 0 fully saturated rings. The van der Waals surface area contributed by atoms with Crippen LogP contribution < -0.4 is 4.90 Å². The standard InChI is InChI=1S/C23H24N2O.BF4/c1-24(2)20-12-8-17(9-13-20)23(19-6-5-7-22(26)16-19)18-10-14-21(15-11-18)25(3)4;2-1(3,4)5/h5-16H,1-4H3;/q;-1/p+1. The maximum Gasteiger partial charge on any atom is 0.673 e. The van der Waals surface area contributed by atoms with Crippen molar-refractivity contribution in [1.82, 2.24) is 0 Å². The highest BCUT2D eigenvalue weighted by Crippen LogP contribution is 2.32. The predicted molar refractivity (Wildman–Crippen MR) is 120 cm³/mol. The summed E-state index contributed by atoms with van der Waals surface area (Å²) in [6.07, 6.45) is 8.50. The van der Waals surface area contributed by atoms with E-state index in [1.807, 2.05) is 46.4 Å². The van der Waals surface area contributed by atoms with E-state index in [1.165, 1.54) is 0 Å². The second-order valence-corrected chi connectivity index (χ2v) is 7.30. The third-order valence-corrected chi connectivity index (χ3v) is 4.48. The molecule has 164 valence electrons. The van der Waals surface area contributed by atoms with Gasteiger partial charge in [0.15, 0.2) is 5.71 Å². The Hall–Kier alpha value is -3.29. The highest BCUT2D eigenvalue weighted by Gasteiger charge is 2.20. The molecule has 0 heterocycles. The Labute approximate surface area is 180 Å². The van der Waals surface area contributed by atoms with Gasteiger partial charge in [-0.25, -0.2) is 4.58 Å². The first kappa shape index (κ1) is 24.0. The Morgan fingerprint density at radius 1 is 0.839 bits per heavy atom. The number of hydrogen-bond acceptors (Lipinski definition) is 2. The summed E-state index contributed by atoms with van der Waals surface area (Å²) in [5.74, 6) is 0.273. The molecule has 0 saturated heterocycles. The molecule has 8 heteroatoms. The fraction of sp³-hybridized carbons (Fsp3) is 0.174. The summed E-state index contributed by atoms with van der Waals surface area (Å²) in [5.41, 5.74) is 6.67. The first-order valence-corrected chi connectivity index (χ1v) is 9.55. The summed E-state index contributed by atoms with van der Waals surface area (Å²) in [7, 11) is 2.15. The molecule has 3 nitrogen and oxygen atoms in total. The normalized spacial score (nSPS) is 12.9. The maximum atomic E-state index is 9.96. The molecule has 2 aromatic rings. The molecular weight excluding hydrogens is 407 g/mol. The highest BCUT2D eigenvalue weighted by atomic mass is 19.5. The highest BCUT2D eigenvalue weighted by molar-refractivity contribution is 6.50. The average molecular weight is 432 g/mol. The van der Waals surface area contributed by atoms with Crippen LogP contribution in [-0.2, 0) is 0 Å². The summed E-state index contributed by atoms with van der Waals surface area (Å²) < 4.78 is 41.1. The van der Waals surface area contributed by atoms with Crippen molar-refractivity contribution >= 4 is 24.2 Å². The molecule has 0 unspecified atom stereocenters. The predicted octanol–water partition coefficient (Wildman–Crippen LogP) is 5.40. The Bertz CT molecular complexity index is 1010. The summed E-state index contributed by atoms with van der Waals surface area (Å²) in [6.45, 7) is 0. The second-order valence-electron chi connectivity index (χ2n) is 7.30. The van der Waals surface area contributed by atoms with Crippen molar-refractivity contribution in [3.05, 3.63) is 89.5 Å². The Morgan fingerprint density at radius 3 is 1.84 bits per heavy atom. The van der Waals surface area contributed by atoms with E-state index in [2.05, 4.69) is 58.0 Å². The van der Waals surface area contributed by atoms with Crippen LogP contribution in [0.3, 0.4) is 0 Å². The van der Waals surface area contributed by atoms with Gasteiger partial charge in [0.1, 0.15) is 19.8 Å². The fourth-order valence-corrected chi connectivity index (χ4v) is 3.01. The van der Waals surface area contributed by atoms with E-state index in [0.29, 0.717) is 0 Å². The van der Waals surface area contributed by atoms with Crippen LogP contribution in [0.1, 0.15) is 11.1 Å². The average Bonchev–Trinajstić information content (AvgIpc) is 2.68. The van der Waals surface area contributed by atoms with Crippen molar-refractivity contribution in [2.75, 3.05) is 33.1 Å². The van der Waals surface area contributed by atoms with E-state index in [0.717, 1.165) is 33.7 Å². The molecule has 0 atom stereocenters. The SMILES string of the molecule is CN(C)c1ccc(C(=C2C=CC(=[N+](C)C)C=C2)c2cccc(O)c2)cc1.F[B-](F)(F)F. The van der Waals surface area contributed by atoms with Crippen LogP contribution in [0, 0.1) is 0 Å². The molecule has 1 aliphatic rings. The van der Waals surface area contributed by atoms with E-state index in [4.69, 9.17) is 0 Å². The van der Waals surface area contributed by atoms with Crippen molar-refractivity contribution < 1.29 is 26.9 Å². The molecule has 0 aromatic heterocycles. The molecular formula is C23H25BF4N2O. The number of phenolic OH excluding ortho intramolecular Hbond substituents is 1.